The van der Waals surface area contributed by atoms with Gasteiger partial charge in [-0.15, -0.1) is 0 Å². The zero-order valence-electron chi connectivity index (χ0n) is 16.1. The largest absolute Gasteiger partial charge is 0.376 e. The van der Waals surface area contributed by atoms with Gasteiger partial charge in [-0.25, -0.2) is 9.97 Å². The lowest BCUT2D eigenvalue weighted by Crippen LogP contribution is -2.29. The SMILES string of the molecule is Cc1nc(NCC2CCCO2)cc(Nc2ccc(N3CCCCC3)cc2)n1. The summed E-state index contributed by atoms with van der Waals surface area (Å²) in [6.45, 7) is 5.91. The molecule has 1 aromatic heterocycles. The number of rotatable bonds is 6. The summed E-state index contributed by atoms with van der Waals surface area (Å²) in [6, 6.07) is 10.6. The normalized spacial score (nSPS) is 19.9. The van der Waals surface area contributed by atoms with Crippen molar-refractivity contribution in [1.82, 2.24) is 9.97 Å². The number of ether oxygens (including phenoxy) is 1. The molecule has 2 N–H and O–H groups in total. The number of nitrogens with one attached hydrogen (secondary N) is 2. The van der Waals surface area contributed by atoms with E-state index in [-0.39, 0.29) is 0 Å². The fourth-order valence-electron chi connectivity index (χ4n) is 3.80. The van der Waals surface area contributed by atoms with E-state index < -0.39 is 0 Å². The third-order valence-electron chi connectivity index (χ3n) is 5.23. The molecule has 4 rings (SSSR count). The molecule has 6 nitrogen and oxygen atoms in total. The van der Waals surface area contributed by atoms with Crippen molar-refractivity contribution >= 4 is 23.0 Å². The Kier molecular flexibility index (Phi) is 5.72. The third-order valence-corrected chi connectivity index (χ3v) is 5.23. The maximum absolute atomic E-state index is 5.67. The van der Waals surface area contributed by atoms with E-state index in [1.165, 1.54) is 24.9 Å². The van der Waals surface area contributed by atoms with Gasteiger partial charge in [0.1, 0.15) is 17.5 Å². The molecule has 2 aromatic rings. The Labute approximate surface area is 161 Å². The molecule has 0 bridgehead atoms. The lowest BCUT2D eigenvalue weighted by molar-refractivity contribution is 0.120. The van der Waals surface area contributed by atoms with Crippen molar-refractivity contribution in [3.05, 3.63) is 36.2 Å². The molecule has 0 radical (unpaired) electrons. The van der Waals surface area contributed by atoms with Crippen LogP contribution in [0, 0.1) is 6.92 Å². The van der Waals surface area contributed by atoms with Crippen LogP contribution >= 0.6 is 0 Å². The van der Waals surface area contributed by atoms with Crippen LogP contribution in [0.15, 0.2) is 30.3 Å². The van der Waals surface area contributed by atoms with Gasteiger partial charge in [0.05, 0.1) is 6.10 Å². The minimum Gasteiger partial charge on any atom is -0.376 e. The Morgan fingerprint density at radius 1 is 1.04 bits per heavy atom. The average Bonchev–Trinajstić information content (AvgIpc) is 3.21. The Hall–Kier alpha value is -2.34. The summed E-state index contributed by atoms with van der Waals surface area (Å²) in [5.74, 6) is 2.40. The molecule has 2 aliphatic rings. The molecular formula is C21H29N5O. The van der Waals surface area contributed by atoms with Gasteiger partial charge >= 0.3 is 0 Å². The van der Waals surface area contributed by atoms with Crippen molar-refractivity contribution in [2.75, 3.05) is 41.8 Å². The predicted molar refractivity (Wildman–Crippen MR) is 110 cm³/mol. The highest BCUT2D eigenvalue weighted by Crippen LogP contribution is 2.24. The summed E-state index contributed by atoms with van der Waals surface area (Å²) in [5, 5.41) is 6.79. The minimum atomic E-state index is 0.291. The molecule has 0 spiro atoms. The highest BCUT2D eigenvalue weighted by Gasteiger charge is 2.15. The number of anilines is 4. The van der Waals surface area contributed by atoms with Crippen LogP contribution in [0.4, 0.5) is 23.0 Å². The van der Waals surface area contributed by atoms with Crippen molar-refractivity contribution in [1.29, 1.82) is 0 Å². The first-order valence-electron chi connectivity index (χ1n) is 10.1. The smallest absolute Gasteiger partial charge is 0.136 e. The average molecular weight is 367 g/mol. The second kappa shape index (κ2) is 8.57. The second-order valence-corrected chi connectivity index (χ2v) is 7.42. The number of hydrogen-bond acceptors (Lipinski definition) is 6. The molecule has 2 fully saturated rings. The highest BCUT2D eigenvalue weighted by molar-refractivity contribution is 5.62. The Balaban J connectivity index is 1.39. The fourth-order valence-corrected chi connectivity index (χ4v) is 3.80. The number of nitrogens with zero attached hydrogens (tertiary/aromatic N) is 3. The van der Waals surface area contributed by atoms with E-state index >= 15 is 0 Å². The van der Waals surface area contributed by atoms with Crippen LogP contribution in [0.5, 0.6) is 0 Å². The summed E-state index contributed by atoms with van der Waals surface area (Å²) >= 11 is 0. The van der Waals surface area contributed by atoms with E-state index in [4.69, 9.17) is 4.74 Å². The third kappa shape index (κ3) is 4.89. The lowest BCUT2D eigenvalue weighted by atomic mass is 10.1. The van der Waals surface area contributed by atoms with Gasteiger partial charge in [-0.3, -0.25) is 0 Å². The number of aromatic nitrogens is 2. The van der Waals surface area contributed by atoms with Crippen LogP contribution < -0.4 is 15.5 Å². The monoisotopic (exact) mass is 367 g/mol. The highest BCUT2D eigenvalue weighted by atomic mass is 16.5. The first kappa shape index (κ1) is 18.0. The van der Waals surface area contributed by atoms with Crippen LogP contribution in [0.1, 0.15) is 37.9 Å². The fraction of sp³-hybridized carbons (Fsp3) is 0.524. The number of benzene rings is 1. The zero-order chi connectivity index (χ0) is 18.5. The summed E-state index contributed by atoms with van der Waals surface area (Å²) in [7, 11) is 0. The van der Waals surface area contributed by atoms with E-state index in [0.717, 1.165) is 62.2 Å². The molecule has 6 heteroatoms. The van der Waals surface area contributed by atoms with E-state index in [1.54, 1.807) is 0 Å². The second-order valence-electron chi connectivity index (χ2n) is 7.42. The molecular weight excluding hydrogens is 338 g/mol. The van der Waals surface area contributed by atoms with Gasteiger partial charge in [0.15, 0.2) is 0 Å². The maximum Gasteiger partial charge on any atom is 0.136 e. The molecule has 27 heavy (non-hydrogen) atoms. The van der Waals surface area contributed by atoms with Crippen molar-refractivity contribution in [3.63, 3.8) is 0 Å². The van der Waals surface area contributed by atoms with Gasteiger partial charge in [0, 0.05) is 43.7 Å². The molecule has 3 heterocycles. The molecule has 1 unspecified atom stereocenters. The Morgan fingerprint density at radius 2 is 1.81 bits per heavy atom. The van der Waals surface area contributed by atoms with Crippen LogP contribution in [0.3, 0.4) is 0 Å². The molecule has 0 amide bonds. The van der Waals surface area contributed by atoms with Crippen molar-refractivity contribution in [3.8, 4) is 0 Å². The summed E-state index contributed by atoms with van der Waals surface area (Å²) in [5.41, 5.74) is 2.34. The molecule has 0 saturated carbocycles. The van der Waals surface area contributed by atoms with Gasteiger partial charge in [-0.2, -0.15) is 0 Å². The van der Waals surface area contributed by atoms with Crippen molar-refractivity contribution < 1.29 is 4.74 Å². The predicted octanol–water partition coefficient (Wildman–Crippen LogP) is 4.11. The molecule has 2 saturated heterocycles. The summed E-state index contributed by atoms with van der Waals surface area (Å²) < 4.78 is 5.67. The minimum absolute atomic E-state index is 0.291. The Morgan fingerprint density at radius 3 is 2.56 bits per heavy atom. The van der Waals surface area contributed by atoms with E-state index in [1.807, 2.05) is 13.0 Å². The van der Waals surface area contributed by atoms with Gasteiger partial charge in [-0.1, -0.05) is 0 Å². The van der Waals surface area contributed by atoms with E-state index in [9.17, 15) is 0 Å². The number of hydrogen-bond donors (Lipinski definition) is 2. The lowest BCUT2D eigenvalue weighted by Gasteiger charge is -2.28. The molecule has 1 atom stereocenters. The maximum atomic E-state index is 5.67. The molecule has 0 aliphatic carbocycles. The van der Waals surface area contributed by atoms with Crippen molar-refractivity contribution in [2.45, 2.75) is 45.1 Å². The molecule has 2 aliphatic heterocycles. The number of piperidine rings is 1. The van der Waals surface area contributed by atoms with Crippen molar-refractivity contribution in [2.24, 2.45) is 0 Å². The molecule has 1 aromatic carbocycles. The first-order valence-corrected chi connectivity index (χ1v) is 10.1. The van der Waals surface area contributed by atoms with Crippen LogP contribution in [0.25, 0.3) is 0 Å². The standard InChI is InChI=1S/C21H29N5O/c1-16-23-20(22-15-19-6-5-13-27-19)14-21(24-16)25-17-7-9-18(10-8-17)26-11-3-2-4-12-26/h7-10,14,19H,2-6,11-13,15H2,1H3,(H2,22,23,24,25). The topological polar surface area (TPSA) is 62.3 Å². The summed E-state index contributed by atoms with van der Waals surface area (Å²) in [4.78, 5) is 11.5. The number of aryl methyl sites for hydroxylation is 1. The van der Waals surface area contributed by atoms with Gasteiger partial charge in [0.25, 0.3) is 0 Å². The van der Waals surface area contributed by atoms with E-state index in [0.29, 0.717) is 6.10 Å². The van der Waals surface area contributed by atoms with E-state index in [2.05, 4.69) is 49.8 Å². The first-order chi connectivity index (χ1) is 13.3. The van der Waals surface area contributed by atoms with Gasteiger partial charge in [0.2, 0.25) is 0 Å². The molecule has 144 valence electrons. The Bertz CT molecular complexity index is 737. The summed E-state index contributed by atoms with van der Waals surface area (Å²) in [6.07, 6.45) is 6.50. The van der Waals surface area contributed by atoms with Crippen LogP contribution in [-0.4, -0.2) is 42.3 Å². The quantitative estimate of drug-likeness (QED) is 0.801. The van der Waals surface area contributed by atoms with Gasteiger partial charge in [-0.05, 0) is 63.3 Å². The van der Waals surface area contributed by atoms with Crippen LogP contribution in [0.2, 0.25) is 0 Å². The van der Waals surface area contributed by atoms with Crippen LogP contribution in [-0.2, 0) is 4.74 Å². The zero-order valence-corrected chi connectivity index (χ0v) is 16.1. The van der Waals surface area contributed by atoms with Gasteiger partial charge < -0.3 is 20.3 Å².